The lowest BCUT2D eigenvalue weighted by molar-refractivity contribution is 0.152. The number of rotatable bonds is 5. The number of nitriles is 1. The predicted molar refractivity (Wildman–Crippen MR) is 116 cm³/mol. The third-order valence-electron chi connectivity index (χ3n) is 5.35. The summed E-state index contributed by atoms with van der Waals surface area (Å²) in [4.78, 5) is 24.2. The van der Waals surface area contributed by atoms with Crippen molar-refractivity contribution in [3.8, 4) is 23.4 Å². The molecule has 0 saturated carbocycles. The zero-order valence-corrected chi connectivity index (χ0v) is 17.0. The van der Waals surface area contributed by atoms with Crippen molar-refractivity contribution in [1.82, 2.24) is 29.5 Å². The van der Waals surface area contributed by atoms with Crippen LogP contribution in [-0.4, -0.2) is 55.8 Å². The number of ether oxygens (including phenoxy) is 1. The van der Waals surface area contributed by atoms with E-state index in [4.69, 9.17) is 25.0 Å². The van der Waals surface area contributed by atoms with Gasteiger partial charge in [0, 0.05) is 67.6 Å². The summed E-state index contributed by atoms with van der Waals surface area (Å²) in [5.74, 6) is 2.49. The molecule has 0 radical (unpaired) electrons. The lowest BCUT2D eigenvalue weighted by Crippen LogP contribution is -2.28. The van der Waals surface area contributed by atoms with Gasteiger partial charge in [0.25, 0.3) is 0 Å². The lowest BCUT2D eigenvalue weighted by Gasteiger charge is -2.21. The normalized spacial score (nSPS) is 14.5. The number of imidazole rings is 1. The molecule has 4 heterocycles. The van der Waals surface area contributed by atoms with Crippen LogP contribution in [0.4, 0.5) is 5.95 Å². The molecular weight excluding hydrogens is 392 g/mol. The van der Waals surface area contributed by atoms with Crippen LogP contribution in [0.2, 0.25) is 0 Å². The first kappa shape index (κ1) is 19.2. The first-order valence-corrected chi connectivity index (χ1v) is 10.4. The second-order valence-electron chi connectivity index (χ2n) is 7.33. The molecule has 1 N–H and O–H groups in total. The number of benzene rings is 1. The van der Waals surface area contributed by atoms with Crippen molar-refractivity contribution >= 4 is 16.9 Å². The van der Waals surface area contributed by atoms with Crippen molar-refractivity contribution in [2.75, 3.05) is 31.2 Å². The van der Waals surface area contributed by atoms with Crippen molar-refractivity contribution in [2.45, 2.75) is 19.3 Å². The SMILES string of the molecule is N#CCCc1nccn1-c1nc(-c2cccc3[nH]ccc23)nc(N2CCCOCC2)n1. The standard InChI is InChI=1S/C22H22N8O/c23-8-2-6-19-25-10-12-30(19)22-27-20(17-4-1-5-18-16(17)7-9-24-18)26-21(28-22)29-11-3-14-31-15-13-29/h1,4-5,7,9-10,12,24H,2-3,6,11,13-15H2. The van der Waals surface area contributed by atoms with Gasteiger partial charge in [-0.3, -0.25) is 4.57 Å². The highest BCUT2D eigenvalue weighted by Gasteiger charge is 2.19. The maximum absolute atomic E-state index is 8.99. The molecule has 156 valence electrons. The summed E-state index contributed by atoms with van der Waals surface area (Å²) in [6, 6.07) is 10.3. The van der Waals surface area contributed by atoms with Gasteiger partial charge < -0.3 is 14.6 Å². The average molecular weight is 414 g/mol. The van der Waals surface area contributed by atoms with E-state index in [-0.39, 0.29) is 0 Å². The lowest BCUT2D eigenvalue weighted by atomic mass is 10.1. The fourth-order valence-electron chi connectivity index (χ4n) is 3.82. The van der Waals surface area contributed by atoms with Crippen molar-refractivity contribution < 1.29 is 4.74 Å². The second kappa shape index (κ2) is 8.53. The van der Waals surface area contributed by atoms with Crippen molar-refractivity contribution in [1.29, 1.82) is 5.26 Å². The Morgan fingerprint density at radius 1 is 1.10 bits per heavy atom. The van der Waals surface area contributed by atoms with Gasteiger partial charge >= 0.3 is 0 Å². The molecule has 0 amide bonds. The van der Waals surface area contributed by atoms with Gasteiger partial charge in [0.05, 0.1) is 12.7 Å². The van der Waals surface area contributed by atoms with Gasteiger partial charge in [-0.1, -0.05) is 12.1 Å². The summed E-state index contributed by atoms with van der Waals surface area (Å²) < 4.78 is 7.46. The minimum absolute atomic E-state index is 0.383. The molecule has 0 aliphatic carbocycles. The molecule has 4 aromatic rings. The van der Waals surface area contributed by atoms with E-state index in [0.29, 0.717) is 37.2 Å². The molecular formula is C22H22N8O. The Morgan fingerprint density at radius 2 is 2.03 bits per heavy atom. The highest BCUT2D eigenvalue weighted by Crippen LogP contribution is 2.27. The molecule has 5 rings (SSSR count). The molecule has 3 aromatic heterocycles. The first-order chi connectivity index (χ1) is 15.3. The maximum atomic E-state index is 8.99. The summed E-state index contributed by atoms with van der Waals surface area (Å²) in [5, 5.41) is 10.0. The Balaban J connectivity index is 1.65. The number of anilines is 1. The zero-order chi connectivity index (χ0) is 21.0. The minimum Gasteiger partial charge on any atom is -0.380 e. The highest BCUT2D eigenvalue weighted by atomic mass is 16.5. The molecule has 0 atom stereocenters. The van der Waals surface area contributed by atoms with Gasteiger partial charge in [-0.05, 0) is 18.6 Å². The number of aromatic amines is 1. The Labute approximate surface area is 179 Å². The molecule has 31 heavy (non-hydrogen) atoms. The van der Waals surface area contributed by atoms with Crippen LogP contribution >= 0.6 is 0 Å². The van der Waals surface area contributed by atoms with Gasteiger partial charge in [0.15, 0.2) is 5.82 Å². The van der Waals surface area contributed by atoms with E-state index in [0.717, 1.165) is 48.4 Å². The Bertz CT molecular complexity index is 1230. The van der Waals surface area contributed by atoms with Crippen LogP contribution in [0, 0.1) is 11.3 Å². The van der Waals surface area contributed by atoms with E-state index in [2.05, 4.69) is 20.9 Å². The van der Waals surface area contributed by atoms with Crippen LogP contribution in [-0.2, 0) is 11.2 Å². The van der Waals surface area contributed by atoms with Gasteiger partial charge in [0.1, 0.15) is 5.82 Å². The average Bonchev–Trinajstić information content (AvgIpc) is 3.39. The first-order valence-electron chi connectivity index (χ1n) is 10.4. The van der Waals surface area contributed by atoms with Gasteiger partial charge in [-0.2, -0.15) is 20.2 Å². The second-order valence-corrected chi connectivity index (χ2v) is 7.33. The number of nitrogens with zero attached hydrogens (tertiary/aromatic N) is 7. The Morgan fingerprint density at radius 3 is 2.97 bits per heavy atom. The number of hydrogen-bond donors (Lipinski definition) is 1. The van der Waals surface area contributed by atoms with Crippen molar-refractivity contribution in [3.63, 3.8) is 0 Å². The number of aryl methyl sites for hydroxylation is 1. The Hall–Kier alpha value is -3.77. The monoisotopic (exact) mass is 414 g/mol. The molecule has 0 bridgehead atoms. The van der Waals surface area contributed by atoms with Crippen LogP contribution in [0.15, 0.2) is 42.9 Å². The molecule has 0 unspecified atom stereocenters. The highest BCUT2D eigenvalue weighted by molar-refractivity contribution is 5.93. The molecule has 9 heteroatoms. The third kappa shape index (κ3) is 3.85. The summed E-state index contributed by atoms with van der Waals surface area (Å²) >= 11 is 0. The minimum atomic E-state index is 0.383. The summed E-state index contributed by atoms with van der Waals surface area (Å²) in [5.41, 5.74) is 1.97. The fourth-order valence-corrected chi connectivity index (χ4v) is 3.82. The van der Waals surface area contributed by atoms with Crippen molar-refractivity contribution in [3.05, 3.63) is 48.7 Å². The Kier molecular flexibility index (Phi) is 5.29. The van der Waals surface area contributed by atoms with Crippen LogP contribution in [0.25, 0.3) is 28.2 Å². The third-order valence-corrected chi connectivity index (χ3v) is 5.35. The van der Waals surface area contributed by atoms with Gasteiger partial charge in [0.2, 0.25) is 11.9 Å². The fraction of sp³-hybridized carbons (Fsp3) is 0.318. The molecule has 9 nitrogen and oxygen atoms in total. The van der Waals surface area contributed by atoms with Crippen LogP contribution in [0.3, 0.4) is 0 Å². The van der Waals surface area contributed by atoms with E-state index < -0.39 is 0 Å². The van der Waals surface area contributed by atoms with E-state index in [9.17, 15) is 0 Å². The summed E-state index contributed by atoms with van der Waals surface area (Å²) in [6.07, 6.45) is 7.29. The number of nitrogens with one attached hydrogen (secondary N) is 1. The molecule has 1 aromatic carbocycles. The quantitative estimate of drug-likeness (QED) is 0.535. The molecule has 1 aliphatic rings. The predicted octanol–water partition coefficient (Wildman–Crippen LogP) is 2.89. The largest absolute Gasteiger partial charge is 0.380 e. The number of aromatic nitrogens is 6. The smallest absolute Gasteiger partial charge is 0.240 e. The molecule has 1 fully saturated rings. The van der Waals surface area contributed by atoms with Crippen molar-refractivity contribution in [2.24, 2.45) is 0 Å². The maximum Gasteiger partial charge on any atom is 0.240 e. The topological polar surface area (TPSA) is 109 Å². The zero-order valence-electron chi connectivity index (χ0n) is 17.0. The van der Waals surface area contributed by atoms with E-state index in [1.165, 1.54) is 0 Å². The number of H-pyrrole nitrogens is 1. The van der Waals surface area contributed by atoms with Crippen LogP contribution < -0.4 is 4.90 Å². The molecule has 0 spiro atoms. The number of fused-ring (bicyclic) bond motifs is 1. The molecule has 1 aliphatic heterocycles. The summed E-state index contributed by atoms with van der Waals surface area (Å²) in [7, 11) is 0. The number of hydrogen-bond acceptors (Lipinski definition) is 7. The van der Waals surface area contributed by atoms with Gasteiger partial charge in [-0.25, -0.2) is 4.98 Å². The van der Waals surface area contributed by atoms with Gasteiger partial charge in [-0.15, -0.1) is 0 Å². The molecule has 1 saturated heterocycles. The van der Waals surface area contributed by atoms with E-state index in [1.54, 1.807) is 6.20 Å². The van der Waals surface area contributed by atoms with Crippen LogP contribution in [0.1, 0.15) is 18.7 Å². The van der Waals surface area contributed by atoms with Crippen LogP contribution in [0.5, 0.6) is 0 Å². The summed E-state index contributed by atoms with van der Waals surface area (Å²) in [6.45, 7) is 2.93. The van der Waals surface area contributed by atoms with E-state index >= 15 is 0 Å². The van der Waals surface area contributed by atoms with E-state index in [1.807, 2.05) is 41.2 Å².